The van der Waals surface area contributed by atoms with Crippen LogP contribution in [0.25, 0.3) is 0 Å². The minimum atomic E-state index is -0.213. The average molecular weight is 384 g/mol. The van der Waals surface area contributed by atoms with Crippen molar-refractivity contribution in [3.05, 3.63) is 71.6 Å². The molecule has 1 aromatic heterocycles. The number of aromatic nitrogens is 2. The molecule has 0 atom stereocenters. The fourth-order valence-corrected chi connectivity index (χ4v) is 3.29. The molecule has 1 aliphatic heterocycles. The highest BCUT2D eigenvalue weighted by Crippen LogP contribution is 2.22. The van der Waals surface area contributed by atoms with Gasteiger partial charge in [0.1, 0.15) is 11.6 Å². The van der Waals surface area contributed by atoms with E-state index in [-0.39, 0.29) is 5.82 Å². The van der Waals surface area contributed by atoms with Gasteiger partial charge in [0.05, 0.1) is 0 Å². The van der Waals surface area contributed by atoms with Gasteiger partial charge < -0.3 is 15.1 Å². The number of hydrogen-bond donors (Lipinski definition) is 1. The van der Waals surface area contributed by atoms with Crippen LogP contribution < -0.4 is 15.1 Å². The van der Waals surface area contributed by atoms with Crippen LogP contribution in [0.5, 0.6) is 0 Å². The number of halogens is 2. The van der Waals surface area contributed by atoms with E-state index in [1.807, 2.05) is 42.5 Å². The normalized spacial score (nSPS) is 14.3. The van der Waals surface area contributed by atoms with E-state index in [1.54, 1.807) is 6.20 Å². The molecule has 0 saturated carbocycles. The Labute approximate surface area is 162 Å². The van der Waals surface area contributed by atoms with Crippen LogP contribution in [0.1, 0.15) is 0 Å². The summed E-state index contributed by atoms with van der Waals surface area (Å²) in [4.78, 5) is 13.4. The van der Waals surface area contributed by atoms with Crippen molar-refractivity contribution in [1.82, 2.24) is 9.97 Å². The van der Waals surface area contributed by atoms with Crippen LogP contribution in [0.15, 0.2) is 60.8 Å². The van der Waals surface area contributed by atoms with Gasteiger partial charge in [0.15, 0.2) is 0 Å². The molecule has 27 heavy (non-hydrogen) atoms. The van der Waals surface area contributed by atoms with Gasteiger partial charge in [0.25, 0.3) is 0 Å². The first-order valence-electron chi connectivity index (χ1n) is 8.78. The molecule has 1 saturated heterocycles. The van der Waals surface area contributed by atoms with Crippen LogP contribution in [0.2, 0.25) is 5.02 Å². The van der Waals surface area contributed by atoms with Gasteiger partial charge in [0.2, 0.25) is 5.95 Å². The molecule has 2 heterocycles. The van der Waals surface area contributed by atoms with Gasteiger partial charge in [-0.25, -0.2) is 9.37 Å². The highest BCUT2D eigenvalue weighted by Gasteiger charge is 2.19. The number of rotatable bonds is 4. The van der Waals surface area contributed by atoms with Gasteiger partial charge >= 0.3 is 0 Å². The summed E-state index contributed by atoms with van der Waals surface area (Å²) in [5.41, 5.74) is 1.92. The average Bonchev–Trinajstić information content (AvgIpc) is 2.69. The first-order valence-corrected chi connectivity index (χ1v) is 9.16. The minimum Gasteiger partial charge on any atom is -0.368 e. The maximum absolute atomic E-state index is 13.1. The van der Waals surface area contributed by atoms with Crippen molar-refractivity contribution >= 4 is 34.7 Å². The number of nitrogens with one attached hydrogen (secondary N) is 1. The number of nitrogens with zero attached hydrogens (tertiary/aromatic N) is 4. The monoisotopic (exact) mass is 383 g/mol. The van der Waals surface area contributed by atoms with Crippen LogP contribution in [0.3, 0.4) is 0 Å². The molecule has 0 spiro atoms. The number of piperazine rings is 1. The summed E-state index contributed by atoms with van der Waals surface area (Å²) in [6.07, 6.45) is 1.75. The molecule has 0 unspecified atom stereocenters. The molecule has 2 aromatic carbocycles. The maximum Gasteiger partial charge on any atom is 0.227 e. The van der Waals surface area contributed by atoms with Crippen LogP contribution in [-0.2, 0) is 0 Å². The second-order valence-corrected chi connectivity index (χ2v) is 6.76. The van der Waals surface area contributed by atoms with Crippen molar-refractivity contribution in [2.24, 2.45) is 0 Å². The first kappa shape index (κ1) is 17.5. The molecule has 1 N–H and O–H groups in total. The lowest BCUT2D eigenvalue weighted by Gasteiger charge is -2.36. The summed E-state index contributed by atoms with van der Waals surface area (Å²) in [6.45, 7) is 3.28. The summed E-state index contributed by atoms with van der Waals surface area (Å²) in [6, 6.07) is 16.0. The Morgan fingerprint density at radius 3 is 2.41 bits per heavy atom. The smallest absolute Gasteiger partial charge is 0.227 e. The second kappa shape index (κ2) is 7.80. The molecule has 4 rings (SSSR count). The zero-order valence-corrected chi connectivity index (χ0v) is 15.4. The summed E-state index contributed by atoms with van der Waals surface area (Å²) in [7, 11) is 0. The Hall–Kier alpha value is -2.86. The lowest BCUT2D eigenvalue weighted by molar-refractivity contribution is 0.623. The highest BCUT2D eigenvalue weighted by molar-refractivity contribution is 6.30. The SMILES string of the molecule is Fc1ccc(N2CCN(c3nccc(Nc4cccc(Cl)c4)n3)CC2)cc1. The Kier molecular flexibility index (Phi) is 5.07. The summed E-state index contributed by atoms with van der Waals surface area (Å²) in [5, 5.41) is 3.93. The van der Waals surface area contributed by atoms with Crippen LogP contribution in [0.4, 0.5) is 27.5 Å². The molecule has 0 amide bonds. The standard InChI is InChI=1S/C20H19ClFN5/c21-15-2-1-3-17(14-15)24-19-8-9-23-20(25-19)27-12-10-26(11-13-27)18-6-4-16(22)5-7-18/h1-9,14H,10-13H2,(H,23,24,25). The van der Waals surface area contributed by atoms with E-state index in [0.717, 1.165) is 43.4 Å². The molecule has 3 aromatic rings. The van der Waals surface area contributed by atoms with Gasteiger partial charge in [-0.05, 0) is 48.5 Å². The van der Waals surface area contributed by atoms with Gasteiger partial charge in [-0.2, -0.15) is 4.98 Å². The number of benzene rings is 2. The molecular weight excluding hydrogens is 365 g/mol. The Bertz CT molecular complexity index is 910. The first-order chi connectivity index (χ1) is 13.2. The Morgan fingerprint density at radius 1 is 0.926 bits per heavy atom. The van der Waals surface area contributed by atoms with E-state index >= 15 is 0 Å². The molecule has 1 fully saturated rings. The Balaban J connectivity index is 1.42. The van der Waals surface area contributed by atoms with Gasteiger partial charge in [0, 0.05) is 48.8 Å². The maximum atomic E-state index is 13.1. The molecule has 0 aliphatic carbocycles. The predicted octanol–water partition coefficient (Wildman–Crippen LogP) is 4.34. The molecule has 1 aliphatic rings. The summed E-state index contributed by atoms with van der Waals surface area (Å²) >= 11 is 6.03. The van der Waals surface area contributed by atoms with Crippen LogP contribution in [0, 0.1) is 5.82 Å². The molecule has 138 valence electrons. The van der Waals surface area contributed by atoms with Crippen molar-refractivity contribution in [3.63, 3.8) is 0 Å². The molecular formula is C20H19ClFN5. The molecule has 7 heteroatoms. The number of hydrogen-bond acceptors (Lipinski definition) is 5. The van der Waals surface area contributed by atoms with Crippen molar-refractivity contribution in [2.75, 3.05) is 41.3 Å². The third-order valence-electron chi connectivity index (χ3n) is 4.49. The van der Waals surface area contributed by atoms with Crippen molar-refractivity contribution < 1.29 is 4.39 Å². The summed E-state index contributed by atoms with van der Waals surface area (Å²) in [5.74, 6) is 1.21. The van der Waals surface area contributed by atoms with E-state index in [2.05, 4.69) is 25.1 Å². The zero-order chi connectivity index (χ0) is 18.6. The lowest BCUT2D eigenvalue weighted by Crippen LogP contribution is -2.47. The van der Waals surface area contributed by atoms with E-state index in [1.165, 1.54) is 12.1 Å². The van der Waals surface area contributed by atoms with E-state index in [9.17, 15) is 4.39 Å². The van der Waals surface area contributed by atoms with E-state index in [4.69, 9.17) is 11.6 Å². The second-order valence-electron chi connectivity index (χ2n) is 6.33. The van der Waals surface area contributed by atoms with Gasteiger partial charge in [-0.3, -0.25) is 0 Å². The van der Waals surface area contributed by atoms with Crippen LogP contribution in [-0.4, -0.2) is 36.1 Å². The van der Waals surface area contributed by atoms with Crippen molar-refractivity contribution in [3.8, 4) is 0 Å². The van der Waals surface area contributed by atoms with E-state index in [0.29, 0.717) is 11.0 Å². The quantitative estimate of drug-likeness (QED) is 0.726. The topological polar surface area (TPSA) is 44.3 Å². The lowest BCUT2D eigenvalue weighted by atomic mass is 10.2. The van der Waals surface area contributed by atoms with Crippen molar-refractivity contribution in [2.45, 2.75) is 0 Å². The largest absolute Gasteiger partial charge is 0.368 e. The predicted molar refractivity (Wildman–Crippen MR) is 108 cm³/mol. The number of anilines is 4. The van der Waals surface area contributed by atoms with Gasteiger partial charge in [-0.1, -0.05) is 17.7 Å². The third-order valence-corrected chi connectivity index (χ3v) is 4.73. The molecule has 0 radical (unpaired) electrons. The zero-order valence-electron chi connectivity index (χ0n) is 14.6. The van der Waals surface area contributed by atoms with Crippen molar-refractivity contribution in [1.29, 1.82) is 0 Å². The van der Waals surface area contributed by atoms with E-state index < -0.39 is 0 Å². The molecule has 5 nitrogen and oxygen atoms in total. The third kappa shape index (κ3) is 4.28. The highest BCUT2D eigenvalue weighted by atomic mass is 35.5. The fourth-order valence-electron chi connectivity index (χ4n) is 3.10. The molecule has 0 bridgehead atoms. The van der Waals surface area contributed by atoms with Gasteiger partial charge in [-0.15, -0.1) is 0 Å². The Morgan fingerprint density at radius 2 is 1.67 bits per heavy atom. The summed E-state index contributed by atoms with van der Waals surface area (Å²) < 4.78 is 13.1. The minimum absolute atomic E-state index is 0.213. The van der Waals surface area contributed by atoms with Crippen LogP contribution >= 0.6 is 11.6 Å². The fraction of sp³-hybridized carbons (Fsp3) is 0.200.